The number of aldehydes is 1. The molecule has 0 aliphatic carbocycles. The number of hydrogen-bond acceptors (Lipinski definition) is 4. The van der Waals surface area contributed by atoms with Crippen LogP contribution in [-0.2, 0) is 11.2 Å². The average Bonchev–Trinajstić information content (AvgIpc) is 2.90. The van der Waals surface area contributed by atoms with Crippen LogP contribution in [0.1, 0.15) is 15.9 Å². The number of carbonyl (C=O) groups excluding carboxylic acids is 2. The van der Waals surface area contributed by atoms with E-state index < -0.39 is 0 Å². The molecule has 1 aliphatic rings. The summed E-state index contributed by atoms with van der Waals surface area (Å²) >= 11 is 0. The maximum Gasteiger partial charge on any atom is 0.231 e. The molecule has 1 aromatic carbocycles. The predicted molar refractivity (Wildman–Crippen MR) is 70.9 cm³/mol. The van der Waals surface area contributed by atoms with Crippen molar-refractivity contribution < 1.29 is 9.59 Å². The Bertz CT molecular complexity index is 690. The number of carbonyl (C=O) groups is 2. The molecule has 19 heavy (non-hydrogen) atoms. The maximum atomic E-state index is 11.6. The van der Waals surface area contributed by atoms with Crippen LogP contribution in [-0.4, -0.2) is 29.4 Å². The van der Waals surface area contributed by atoms with Gasteiger partial charge < -0.3 is 10.6 Å². The summed E-state index contributed by atoms with van der Waals surface area (Å²) in [7, 11) is 1.75. The second kappa shape index (κ2) is 3.94. The van der Waals surface area contributed by atoms with Crippen LogP contribution >= 0.6 is 0 Å². The van der Waals surface area contributed by atoms with Gasteiger partial charge in [-0.1, -0.05) is 6.07 Å². The number of H-pyrrole nitrogens is 1. The van der Waals surface area contributed by atoms with Gasteiger partial charge in [0.2, 0.25) is 5.91 Å². The fraction of sp³-hybridized carbons (Fsp3) is 0.154. The molecule has 6 heteroatoms. The van der Waals surface area contributed by atoms with Crippen molar-refractivity contribution in [2.75, 3.05) is 17.7 Å². The summed E-state index contributed by atoms with van der Waals surface area (Å²) in [6.45, 7) is 0. The van der Waals surface area contributed by atoms with Gasteiger partial charge in [0, 0.05) is 18.3 Å². The van der Waals surface area contributed by atoms with Crippen molar-refractivity contribution in [1.29, 1.82) is 0 Å². The van der Waals surface area contributed by atoms with Crippen LogP contribution in [0.15, 0.2) is 18.2 Å². The van der Waals surface area contributed by atoms with Crippen LogP contribution in [0, 0.1) is 0 Å². The van der Waals surface area contributed by atoms with Crippen LogP contribution in [0.2, 0.25) is 0 Å². The lowest BCUT2D eigenvalue weighted by atomic mass is 10.0. The van der Waals surface area contributed by atoms with E-state index in [1.807, 2.05) is 18.2 Å². The maximum absolute atomic E-state index is 11.6. The lowest BCUT2D eigenvalue weighted by Crippen LogP contribution is -2.20. The van der Waals surface area contributed by atoms with Gasteiger partial charge in [0.15, 0.2) is 12.1 Å². The van der Waals surface area contributed by atoms with Crippen LogP contribution in [0.5, 0.6) is 0 Å². The topological polar surface area (TPSA) is 92.1 Å². The smallest absolute Gasteiger partial charge is 0.231 e. The molecule has 0 radical (unpaired) electrons. The summed E-state index contributed by atoms with van der Waals surface area (Å²) in [6, 6.07) is 5.59. The Kier molecular flexibility index (Phi) is 2.38. The van der Waals surface area contributed by atoms with Gasteiger partial charge >= 0.3 is 0 Å². The minimum atomic E-state index is 0.0619. The van der Waals surface area contributed by atoms with Crippen LogP contribution in [0.3, 0.4) is 0 Å². The standard InChI is InChI=1S/C13H12N4O2/c1-17-10-3-2-7(4-8(10)5-11(17)19)12-9(6-18)13(14)16-15-12/h2-4,6H,5H2,1H3,(H3,14,15,16). The molecule has 1 amide bonds. The molecule has 0 bridgehead atoms. The van der Waals surface area contributed by atoms with Crippen molar-refractivity contribution in [1.82, 2.24) is 10.2 Å². The number of nitrogen functional groups attached to an aromatic ring is 1. The minimum Gasteiger partial charge on any atom is -0.382 e. The highest BCUT2D eigenvalue weighted by Crippen LogP contribution is 2.32. The van der Waals surface area contributed by atoms with Gasteiger partial charge in [0.25, 0.3) is 0 Å². The average molecular weight is 256 g/mol. The molecule has 0 fully saturated rings. The first-order chi connectivity index (χ1) is 9.11. The summed E-state index contributed by atoms with van der Waals surface area (Å²) in [5.74, 6) is 0.241. The van der Waals surface area contributed by atoms with Crippen LogP contribution in [0.25, 0.3) is 11.3 Å². The van der Waals surface area contributed by atoms with E-state index in [-0.39, 0.29) is 11.7 Å². The molecule has 1 aliphatic heterocycles. The van der Waals surface area contributed by atoms with Gasteiger partial charge in [0.05, 0.1) is 17.7 Å². The lowest BCUT2D eigenvalue weighted by molar-refractivity contribution is -0.117. The summed E-state index contributed by atoms with van der Waals surface area (Å²) < 4.78 is 0. The van der Waals surface area contributed by atoms with E-state index in [0.717, 1.165) is 16.8 Å². The molecule has 0 saturated heterocycles. The summed E-state index contributed by atoms with van der Waals surface area (Å²) in [4.78, 5) is 24.3. The highest BCUT2D eigenvalue weighted by molar-refractivity contribution is 6.01. The van der Waals surface area contributed by atoms with Crippen LogP contribution < -0.4 is 10.6 Å². The Hall–Kier alpha value is -2.63. The quantitative estimate of drug-likeness (QED) is 0.784. The largest absolute Gasteiger partial charge is 0.382 e. The molecule has 2 heterocycles. The zero-order chi connectivity index (χ0) is 13.6. The first kappa shape index (κ1) is 11.5. The number of likely N-dealkylation sites (N-methyl/N-ethyl adjacent to an activating group) is 1. The monoisotopic (exact) mass is 256 g/mol. The van der Waals surface area contributed by atoms with Gasteiger partial charge in [-0.05, 0) is 17.7 Å². The molecule has 0 saturated carbocycles. The first-order valence-corrected chi connectivity index (χ1v) is 5.80. The number of nitrogens with one attached hydrogen (secondary N) is 1. The van der Waals surface area contributed by atoms with E-state index in [1.165, 1.54) is 0 Å². The molecule has 0 spiro atoms. The van der Waals surface area contributed by atoms with Crippen molar-refractivity contribution in [3.8, 4) is 11.3 Å². The molecule has 1 aromatic heterocycles. The van der Waals surface area contributed by atoms with E-state index in [0.29, 0.717) is 24.0 Å². The third kappa shape index (κ3) is 1.61. The molecular formula is C13H12N4O2. The number of rotatable bonds is 2. The molecule has 0 unspecified atom stereocenters. The zero-order valence-corrected chi connectivity index (χ0v) is 10.3. The Labute approximate surface area is 109 Å². The van der Waals surface area contributed by atoms with Gasteiger partial charge in [-0.3, -0.25) is 14.7 Å². The molecule has 3 N–H and O–H groups in total. The molecule has 2 aromatic rings. The second-order valence-electron chi connectivity index (χ2n) is 4.49. The predicted octanol–water partition coefficient (Wildman–Crippen LogP) is 0.990. The van der Waals surface area contributed by atoms with Gasteiger partial charge in [0.1, 0.15) is 0 Å². The zero-order valence-electron chi connectivity index (χ0n) is 10.3. The number of anilines is 2. The van der Waals surface area contributed by atoms with Crippen molar-refractivity contribution in [3.05, 3.63) is 29.3 Å². The van der Waals surface area contributed by atoms with Crippen molar-refractivity contribution in [2.24, 2.45) is 0 Å². The molecular weight excluding hydrogens is 244 g/mol. The van der Waals surface area contributed by atoms with Crippen molar-refractivity contribution in [3.63, 3.8) is 0 Å². The Morgan fingerprint density at radius 2 is 2.26 bits per heavy atom. The van der Waals surface area contributed by atoms with Crippen molar-refractivity contribution in [2.45, 2.75) is 6.42 Å². The number of nitrogens with two attached hydrogens (primary N) is 1. The third-order valence-electron chi connectivity index (χ3n) is 3.40. The Morgan fingerprint density at radius 1 is 1.47 bits per heavy atom. The molecule has 0 atom stereocenters. The lowest BCUT2D eigenvalue weighted by Gasteiger charge is -2.10. The summed E-state index contributed by atoms with van der Waals surface area (Å²) in [5.41, 5.74) is 9.17. The van der Waals surface area contributed by atoms with E-state index in [1.54, 1.807) is 11.9 Å². The summed E-state index contributed by atoms with van der Waals surface area (Å²) in [5, 5.41) is 6.58. The number of nitrogens with zero attached hydrogens (tertiary/aromatic N) is 2. The number of amides is 1. The second-order valence-corrected chi connectivity index (χ2v) is 4.49. The highest BCUT2D eigenvalue weighted by Gasteiger charge is 2.24. The van der Waals surface area contributed by atoms with Gasteiger partial charge in [-0.15, -0.1) is 0 Å². The third-order valence-corrected chi connectivity index (χ3v) is 3.40. The normalized spacial score (nSPS) is 13.7. The fourth-order valence-electron chi connectivity index (χ4n) is 2.33. The first-order valence-electron chi connectivity index (χ1n) is 5.80. The number of aromatic nitrogens is 2. The Balaban J connectivity index is 2.11. The van der Waals surface area contributed by atoms with E-state index in [9.17, 15) is 9.59 Å². The van der Waals surface area contributed by atoms with Gasteiger partial charge in [-0.2, -0.15) is 5.10 Å². The molecule has 96 valence electrons. The summed E-state index contributed by atoms with van der Waals surface area (Å²) in [6.07, 6.45) is 1.05. The van der Waals surface area contributed by atoms with E-state index in [4.69, 9.17) is 5.73 Å². The van der Waals surface area contributed by atoms with E-state index >= 15 is 0 Å². The number of benzene rings is 1. The number of aromatic amines is 1. The van der Waals surface area contributed by atoms with Crippen LogP contribution in [0.4, 0.5) is 11.5 Å². The van der Waals surface area contributed by atoms with E-state index in [2.05, 4.69) is 10.2 Å². The SMILES string of the molecule is CN1C(=O)Cc2cc(-c3[nH]nc(N)c3C=O)ccc21. The highest BCUT2D eigenvalue weighted by atomic mass is 16.2. The van der Waals surface area contributed by atoms with Gasteiger partial charge in [-0.25, -0.2) is 0 Å². The minimum absolute atomic E-state index is 0.0619. The van der Waals surface area contributed by atoms with Crippen molar-refractivity contribution >= 4 is 23.7 Å². The number of fused-ring (bicyclic) bond motifs is 1. The fourth-order valence-corrected chi connectivity index (χ4v) is 2.33. The molecule has 3 rings (SSSR count). The number of hydrogen-bond donors (Lipinski definition) is 2. The molecule has 6 nitrogen and oxygen atoms in total. The Morgan fingerprint density at radius 3 is 3.00 bits per heavy atom.